The van der Waals surface area contributed by atoms with Crippen molar-refractivity contribution in [2.24, 2.45) is 0 Å². The first-order valence-corrected chi connectivity index (χ1v) is 8.34. The third-order valence-corrected chi connectivity index (χ3v) is 4.61. The highest BCUT2D eigenvalue weighted by Gasteiger charge is 2.41. The average molecular weight is 410 g/mol. The van der Waals surface area contributed by atoms with Crippen LogP contribution >= 0.6 is 15.9 Å². The Balaban J connectivity index is 2.22. The van der Waals surface area contributed by atoms with Gasteiger partial charge in [0.05, 0.1) is 12.6 Å². The van der Waals surface area contributed by atoms with E-state index in [1.807, 2.05) is 0 Å². The van der Waals surface area contributed by atoms with Crippen LogP contribution in [-0.2, 0) is 15.1 Å². The number of halogens is 2. The first-order valence-electron chi connectivity index (χ1n) is 7.55. The molecule has 1 heterocycles. The lowest BCUT2D eigenvalue weighted by molar-refractivity contribution is -0.126. The van der Waals surface area contributed by atoms with Crippen LogP contribution < -0.4 is 14.8 Å². The van der Waals surface area contributed by atoms with E-state index in [0.717, 1.165) is 0 Å². The molecule has 0 radical (unpaired) electrons. The van der Waals surface area contributed by atoms with Crippen molar-refractivity contribution in [1.82, 2.24) is 5.32 Å². The zero-order chi connectivity index (χ0) is 18.2. The maximum Gasteiger partial charge on any atom is 0.246 e. The minimum Gasteiger partial charge on any atom is -0.497 e. The Labute approximate surface area is 153 Å². The Morgan fingerprint density at radius 1 is 1.28 bits per heavy atom. The standard InChI is InChI=1S/C18H17BrFNO4/c1-18(21-16(22)9-23-2)12-8-11(24-3)4-5-15(12)25-17-13(18)6-10(19)7-14(17)20/h4-8H,9H2,1-3H3,(H,21,22)/t18-/m0/s1. The van der Waals surface area contributed by atoms with Crippen LogP contribution in [-0.4, -0.2) is 26.7 Å². The van der Waals surface area contributed by atoms with Crippen LogP contribution in [0, 0.1) is 5.82 Å². The molecule has 3 rings (SSSR count). The number of benzene rings is 2. The summed E-state index contributed by atoms with van der Waals surface area (Å²) in [5.74, 6) is 0.300. The number of hydrogen-bond donors (Lipinski definition) is 1. The van der Waals surface area contributed by atoms with Crippen LogP contribution in [0.2, 0.25) is 0 Å². The summed E-state index contributed by atoms with van der Waals surface area (Å²) < 4.78 is 31.0. The molecule has 2 aromatic rings. The molecule has 0 aliphatic carbocycles. The minimum absolute atomic E-state index is 0.0843. The Kier molecular flexibility index (Phi) is 4.71. The largest absolute Gasteiger partial charge is 0.497 e. The summed E-state index contributed by atoms with van der Waals surface area (Å²) in [5.41, 5.74) is 0.156. The maximum atomic E-state index is 14.5. The Morgan fingerprint density at radius 3 is 2.72 bits per heavy atom. The third-order valence-electron chi connectivity index (χ3n) is 4.15. The van der Waals surface area contributed by atoms with Gasteiger partial charge in [-0.2, -0.15) is 0 Å². The molecule has 0 bridgehead atoms. The Hall–Kier alpha value is -2.12. The number of carbonyl (C=O) groups is 1. The molecule has 7 heteroatoms. The molecule has 1 aliphatic heterocycles. The maximum absolute atomic E-state index is 14.5. The third kappa shape index (κ3) is 3.09. The highest BCUT2D eigenvalue weighted by atomic mass is 79.9. The summed E-state index contributed by atoms with van der Waals surface area (Å²) >= 11 is 3.30. The van der Waals surface area contributed by atoms with Crippen LogP contribution in [0.1, 0.15) is 18.1 Å². The summed E-state index contributed by atoms with van der Waals surface area (Å²) in [6.45, 7) is 1.69. The number of carbonyl (C=O) groups excluding carboxylic acids is 1. The van der Waals surface area contributed by atoms with Crippen molar-refractivity contribution in [1.29, 1.82) is 0 Å². The fourth-order valence-electron chi connectivity index (χ4n) is 2.99. The number of hydrogen-bond acceptors (Lipinski definition) is 4. The quantitative estimate of drug-likeness (QED) is 0.835. The molecular formula is C18H17BrFNO4. The zero-order valence-corrected chi connectivity index (χ0v) is 15.6. The van der Waals surface area contributed by atoms with Crippen molar-refractivity contribution < 1.29 is 23.4 Å². The topological polar surface area (TPSA) is 56.8 Å². The van der Waals surface area contributed by atoms with Crippen LogP contribution in [0.15, 0.2) is 34.8 Å². The van der Waals surface area contributed by atoms with Crippen molar-refractivity contribution in [2.45, 2.75) is 12.5 Å². The SMILES string of the molecule is COCC(=O)N[C@@]1(C)c2cc(OC)ccc2Oc2c(F)cc(Br)cc21. The molecule has 0 saturated heterocycles. The van der Waals surface area contributed by atoms with E-state index < -0.39 is 11.4 Å². The van der Waals surface area contributed by atoms with E-state index in [9.17, 15) is 9.18 Å². The summed E-state index contributed by atoms with van der Waals surface area (Å²) in [6, 6.07) is 8.24. The first-order chi connectivity index (χ1) is 11.9. The Morgan fingerprint density at radius 2 is 2.04 bits per heavy atom. The lowest BCUT2D eigenvalue weighted by Crippen LogP contribution is -2.47. The van der Waals surface area contributed by atoms with Gasteiger partial charge in [0.15, 0.2) is 11.6 Å². The second-order valence-corrected chi connectivity index (χ2v) is 6.75. The molecule has 5 nitrogen and oxygen atoms in total. The fraction of sp³-hybridized carbons (Fsp3) is 0.278. The number of nitrogens with one attached hydrogen (secondary N) is 1. The lowest BCUT2D eigenvalue weighted by Gasteiger charge is -2.38. The van der Waals surface area contributed by atoms with Crippen molar-refractivity contribution >= 4 is 21.8 Å². The van der Waals surface area contributed by atoms with Crippen LogP contribution in [0.4, 0.5) is 4.39 Å². The molecule has 0 fully saturated rings. The van der Waals surface area contributed by atoms with E-state index in [1.54, 1.807) is 38.3 Å². The molecule has 2 aromatic carbocycles. The molecule has 1 aliphatic rings. The summed E-state index contributed by atoms with van der Waals surface area (Å²) in [6.07, 6.45) is 0. The molecule has 1 atom stereocenters. The van der Waals surface area contributed by atoms with Crippen LogP contribution in [0.5, 0.6) is 17.2 Å². The second kappa shape index (κ2) is 6.65. The predicted molar refractivity (Wildman–Crippen MR) is 93.6 cm³/mol. The number of amides is 1. The van der Waals surface area contributed by atoms with Gasteiger partial charge >= 0.3 is 0 Å². The van der Waals surface area contributed by atoms with Gasteiger partial charge in [-0.15, -0.1) is 0 Å². The fourth-order valence-corrected chi connectivity index (χ4v) is 3.42. The van der Waals surface area contributed by atoms with Gasteiger partial charge < -0.3 is 19.5 Å². The van der Waals surface area contributed by atoms with E-state index >= 15 is 0 Å². The molecule has 0 spiro atoms. The van der Waals surface area contributed by atoms with Gasteiger partial charge in [0.2, 0.25) is 5.91 Å². The van der Waals surface area contributed by atoms with Crippen LogP contribution in [0.3, 0.4) is 0 Å². The number of fused-ring (bicyclic) bond motifs is 2. The van der Waals surface area contributed by atoms with Gasteiger partial charge in [0.25, 0.3) is 0 Å². The van der Waals surface area contributed by atoms with Crippen LogP contribution in [0.25, 0.3) is 0 Å². The molecular weight excluding hydrogens is 393 g/mol. The summed E-state index contributed by atoms with van der Waals surface area (Å²) in [5, 5.41) is 2.93. The summed E-state index contributed by atoms with van der Waals surface area (Å²) in [4.78, 5) is 12.2. The van der Waals surface area contributed by atoms with Gasteiger partial charge in [-0.3, -0.25) is 4.79 Å². The number of rotatable bonds is 4. The first kappa shape index (κ1) is 17.7. The molecule has 1 amide bonds. The zero-order valence-electron chi connectivity index (χ0n) is 14.0. The highest BCUT2D eigenvalue weighted by molar-refractivity contribution is 9.10. The van der Waals surface area contributed by atoms with E-state index in [0.29, 0.717) is 27.1 Å². The number of ether oxygens (including phenoxy) is 3. The average Bonchev–Trinajstić information content (AvgIpc) is 2.56. The molecule has 132 valence electrons. The molecule has 0 saturated carbocycles. The van der Waals surface area contributed by atoms with Gasteiger partial charge in [-0.1, -0.05) is 15.9 Å². The van der Waals surface area contributed by atoms with Crippen molar-refractivity contribution in [2.75, 3.05) is 20.8 Å². The molecule has 0 unspecified atom stereocenters. The molecule has 1 N–H and O–H groups in total. The normalized spacial score (nSPS) is 18.0. The van der Waals surface area contributed by atoms with Crippen molar-refractivity contribution in [3.63, 3.8) is 0 Å². The highest BCUT2D eigenvalue weighted by Crippen LogP contribution is 2.49. The summed E-state index contributed by atoms with van der Waals surface area (Å²) in [7, 11) is 2.99. The van der Waals surface area contributed by atoms with Gasteiger partial charge in [-0.25, -0.2) is 4.39 Å². The van der Waals surface area contributed by atoms with E-state index in [1.165, 1.54) is 13.2 Å². The second-order valence-electron chi connectivity index (χ2n) is 5.83. The van der Waals surface area contributed by atoms with E-state index in [2.05, 4.69) is 21.2 Å². The molecule has 25 heavy (non-hydrogen) atoms. The number of methoxy groups -OCH3 is 2. The smallest absolute Gasteiger partial charge is 0.246 e. The van der Waals surface area contributed by atoms with Crippen molar-refractivity contribution in [3.8, 4) is 17.2 Å². The lowest BCUT2D eigenvalue weighted by atomic mass is 9.81. The van der Waals surface area contributed by atoms with Gasteiger partial charge in [-0.05, 0) is 37.3 Å². The van der Waals surface area contributed by atoms with Gasteiger partial charge in [0, 0.05) is 22.7 Å². The molecule has 0 aromatic heterocycles. The monoisotopic (exact) mass is 409 g/mol. The van der Waals surface area contributed by atoms with E-state index in [-0.39, 0.29) is 18.3 Å². The predicted octanol–water partition coefficient (Wildman–Crippen LogP) is 3.73. The minimum atomic E-state index is -1.02. The Bertz CT molecular complexity index is 842. The van der Waals surface area contributed by atoms with Crippen molar-refractivity contribution in [3.05, 3.63) is 51.7 Å². The van der Waals surface area contributed by atoms with Gasteiger partial charge in [0.1, 0.15) is 18.1 Å². The van der Waals surface area contributed by atoms with E-state index in [4.69, 9.17) is 14.2 Å².